The number of hydrogen-bond acceptors (Lipinski definition) is 0. The smallest absolute Gasteiger partial charge is 0.0162 e. The summed E-state index contributed by atoms with van der Waals surface area (Å²) in [6, 6.07) is 44.0. The molecule has 6 aromatic rings. The van der Waals surface area contributed by atoms with Gasteiger partial charge in [0.25, 0.3) is 0 Å². The zero-order chi connectivity index (χ0) is 41.1. The molecule has 4 aliphatic rings. The summed E-state index contributed by atoms with van der Waals surface area (Å²) in [4.78, 5) is 0. The van der Waals surface area contributed by atoms with Crippen molar-refractivity contribution in [3.05, 3.63) is 131 Å². The van der Waals surface area contributed by atoms with E-state index in [0.29, 0.717) is 0 Å². The van der Waals surface area contributed by atoms with Crippen molar-refractivity contribution in [2.45, 2.75) is 166 Å². The Labute approximate surface area is 403 Å². The molecular formula is C58H72Cl2SiZr-2. The number of halogens is 2. The van der Waals surface area contributed by atoms with Gasteiger partial charge >= 0.3 is 54.7 Å². The van der Waals surface area contributed by atoms with Crippen molar-refractivity contribution in [1.29, 1.82) is 0 Å². The number of fused-ring (bicyclic) bond motifs is 2. The molecule has 0 atom stereocenters. The summed E-state index contributed by atoms with van der Waals surface area (Å²) < 4.78 is 0. The molecule has 0 amide bonds. The van der Waals surface area contributed by atoms with Gasteiger partial charge in [-0.25, -0.2) is 0 Å². The van der Waals surface area contributed by atoms with Crippen LogP contribution in [0.2, 0.25) is 12.6 Å². The molecule has 0 bridgehead atoms. The molecule has 0 heterocycles. The number of rotatable bonds is 10. The maximum Gasteiger partial charge on any atom is -0.0162 e. The average Bonchev–Trinajstić information content (AvgIpc) is 4.14. The molecule has 62 heavy (non-hydrogen) atoms. The van der Waals surface area contributed by atoms with Gasteiger partial charge in [0.15, 0.2) is 0 Å². The standard InChI is InChI=1S/2C27H31.C4H10Si.2ClH.Zr/c2*1-2-9-22(10-3-1)23-13-15-24(16-14-23)26-12-6-11-25-18-21(19-27(25)26)17-20-7-4-5-8-20;1-3-4-5-2;;;/h2*6,11-16,18-20,22H,1-5,7-10,17H2;3-4H2,1-2H3;2*1H;/q2*-1;;;;+2/p-2. The molecule has 0 N–H and O–H groups in total. The average molecular weight is 959 g/mol. The Morgan fingerprint density at radius 2 is 0.871 bits per heavy atom. The van der Waals surface area contributed by atoms with Gasteiger partial charge in [0, 0.05) is 0 Å². The summed E-state index contributed by atoms with van der Waals surface area (Å²) in [5.41, 5.74) is 11.9. The van der Waals surface area contributed by atoms with E-state index in [9.17, 15) is 0 Å². The van der Waals surface area contributed by atoms with E-state index in [0.717, 1.165) is 23.7 Å². The monoisotopic (exact) mass is 956 g/mol. The molecule has 0 saturated heterocycles. The van der Waals surface area contributed by atoms with E-state index in [1.165, 1.54) is 185 Å². The quantitative estimate of drug-likeness (QED) is 0.0948. The second-order valence-corrected chi connectivity index (χ2v) is 27.9. The zero-order valence-electron chi connectivity index (χ0n) is 38.0. The van der Waals surface area contributed by atoms with Gasteiger partial charge < -0.3 is 24.8 Å². The van der Waals surface area contributed by atoms with Crippen molar-refractivity contribution in [3.63, 3.8) is 0 Å². The third-order valence-corrected chi connectivity index (χ3v) is 17.9. The first-order valence-corrected chi connectivity index (χ1v) is 30.5. The van der Waals surface area contributed by atoms with Crippen molar-refractivity contribution in [3.8, 4) is 22.3 Å². The molecule has 6 aromatic carbocycles. The van der Waals surface area contributed by atoms with Crippen LogP contribution < -0.4 is 24.8 Å². The van der Waals surface area contributed by atoms with E-state index >= 15 is 0 Å². The number of benzene rings is 4. The largest absolute Gasteiger partial charge is 1.00 e. The molecule has 4 fully saturated rings. The van der Waals surface area contributed by atoms with Crippen molar-refractivity contribution in [2.24, 2.45) is 11.8 Å². The Morgan fingerprint density at radius 3 is 1.21 bits per heavy atom. The molecule has 0 spiro atoms. The Bertz CT molecular complexity index is 2080. The first kappa shape index (κ1) is 49.2. The van der Waals surface area contributed by atoms with E-state index in [1.807, 2.05) is 0 Å². The third kappa shape index (κ3) is 13.2. The van der Waals surface area contributed by atoms with Crippen molar-refractivity contribution in [1.82, 2.24) is 0 Å². The first-order chi connectivity index (χ1) is 29.5. The minimum Gasteiger partial charge on any atom is -1.00 e. The first-order valence-electron chi connectivity index (χ1n) is 24.6. The van der Waals surface area contributed by atoms with Gasteiger partial charge in [0.05, 0.1) is 0 Å². The minimum atomic E-state index is 0. The molecule has 0 aliphatic heterocycles. The summed E-state index contributed by atoms with van der Waals surface area (Å²) in [7, 11) is 0. The molecule has 10 rings (SSSR count). The molecule has 328 valence electrons. The summed E-state index contributed by atoms with van der Waals surface area (Å²) in [5, 5.41) is 5.71. The van der Waals surface area contributed by atoms with Gasteiger partial charge in [0.1, 0.15) is 0 Å². The van der Waals surface area contributed by atoms with Crippen LogP contribution in [0.15, 0.2) is 109 Å². The third-order valence-electron chi connectivity index (χ3n) is 14.8. The van der Waals surface area contributed by atoms with E-state index < -0.39 is 0 Å². The van der Waals surface area contributed by atoms with Crippen LogP contribution in [0, 0.1) is 11.8 Å². The summed E-state index contributed by atoms with van der Waals surface area (Å²) in [6.45, 7) is 4.66. The van der Waals surface area contributed by atoms with Gasteiger partial charge in [-0.3, -0.25) is 0 Å². The fraction of sp³-hybridized carbons (Fsp3) is 0.483. The van der Waals surface area contributed by atoms with E-state index in [2.05, 4.69) is 123 Å². The molecule has 4 heteroatoms. The molecule has 4 aliphatic carbocycles. The second kappa shape index (κ2) is 24.9. The zero-order valence-corrected chi connectivity index (χ0v) is 43.0. The van der Waals surface area contributed by atoms with Gasteiger partial charge in [-0.15, -0.1) is 69.1 Å². The maximum absolute atomic E-state index is 2.47. The SMILES string of the molecule is CCC[Si](C)=[Zr+2].[Cl-].[Cl-].c1cc(-c2ccc(C3CCCCC3)cc2)c2cc(CC3CCCC3)[cH-]c2c1.c1cc(-c2ccc(C3CCCCC3)cc2)c2cc(CC3CCCC3)[cH-]c2c1. The summed E-state index contributed by atoms with van der Waals surface area (Å²) >= 11 is 1.79. The van der Waals surface area contributed by atoms with E-state index in [4.69, 9.17) is 0 Å². The predicted molar refractivity (Wildman–Crippen MR) is 260 cm³/mol. The van der Waals surface area contributed by atoms with Crippen LogP contribution in [0.25, 0.3) is 43.8 Å². The fourth-order valence-electron chi connectivity index (χ4n) is 11.5. The van der Waals surface area contributed by atoms with Crippen LogP contribution in [0.5, 0.6) is 0 Å². The van der Waals surface area contributed by atoms with Crippen LogP contribution in [-0.2, 0) is 36.2 Å². The van der Waals surface area contributed by atoms with Crippen molar-refractivity contribution >= 4 is 27.0 Å². The molecular weight excluding hydrogens is 887 g/mol. The van der Waals surface area contributed by atoms with Crippen molar-refractivity contribution in [2.75, 3.05) is 0 Å². The van der Waals surface area contributed by atoms with Crippen LogP contribution in [0.4, 0.5) is 0 Å². The number of hydrogen-bond donors (Lipinski definition) is 0. The van der Waals surface area contributed by atoms with Crippen LogP contribution in [0.3, 0.4) is 0 Å². The summed E-state index contributed by atoms with van der Waals surface area (Å²) in [5.74, 6) is 3.42. The Kier molecular flexibility index (Phi) is 19.8. The van der Waals surface area contributed by atoms with Crippen LogP contribution >= 0.6 is 0 Å². The molecule has 0 radical (unpaired) electrons. The molecule has 0 unspecified atom stereocenters. The molecule has 4 saturated carbocycles. The van der Waals surface area contributed by atoms with E-state index in [-0.39, 0.29) is 30.2 Å². The maximum atomic E-state index is 2.47. The fourth-order valence-corrected chi connectivity index (χ4v) is 14.1. The Hall–Kier alpha value is -2.22. The predicted octanol–water partition coefficient (Wildman–Crippen LogP) is 11.6. The van der Waals surface area contributed by atoms with Gasteiger partial charge in [0.2, 0.25) is 0 Å². The topological polar surface area (TPSA) is 0 Å². The Morgan fingerprint density at radius 1 is 0.500 bits per heavy atom. The van der Waals surface area contributed by atoms with Crippen LogP contribution in [0.1, 0.15) is 163 Å². The van der Waals surface area contributed by atoms with Crippen LogP contribution in [-0.4, -0.2) is 5.43 Å². The molecule has 0 aromatic heterocycles. The normalized spacial score (nSPS) is 17.5. The van der Waals surface area contributed by atoms with Gasteiger partial charge in [-0.05, 0) is 84.5 Å². The van der Waals surface area contributed by atoms with Gasteiger partial charge in [-0.2, -0.15) is 12.1 Å². The van der Waals surface area contributed by atoms with E-state index in [1.54, 1.807) is 45.6 Å². The summed E-state index contributed by atoms with van der Waals surface area (Å²) in [6.07, 6.45) is 29.4. The van der Waals surface area contributed by atoms with Gasteiger partial charge in [-0.1, -0.05) is 162 Å². The molecule has 0 nitrogen and oxygen atoms in total. The Balaban J connectivity index is 0.000000178. The van der Waals surface area contributed by atoms with Crippen molar-refractivity contribution < 1.29 is 48.1 Å². The minimum absolute atomic E-state index is 0. The second-order valence-electron chi connectivity index (χ2n) is 19.5.